The van der Waals surface area contributed by atoms with Crippen molar-refractivity contribution in [3.05, 3.63) is 0 Å². The molecule has 0 atom stereocenters. The van der Waals surface area contributed by atoms with Crippen molar-refractivity contribution in [2.24, 2.45) is 0 Å². The Morgan fingerprint density at radius 3 is 0.300 bits per heavy atom. The molecule has 0 fully saturated rings. The zero-order chi connectivity index (χ0) is 0. The monoisotopic (exact) mass is 485 g/mol. The molecule has 0 amide bonds. The van der Waals surface area contributed by atoms with E-state index < -0.39 is 0 Å². The molecule has 10 heteroatoms. The summed E-state index contributed by atoms with van der Waals surface area (Å²) in [5.74, 6) is 0. The first-order valence-corrected chi connectivity index (χ1v) is 0. The van der Waals surface area contributed by atoms with Crippen LogP contribution in [0.1, 0.15) is 0 Å². The third-order valence-corrected chi connectivity index (χ3v) is 0. The molecule has 1 radical (unpaired) electrons. The Bertz CT molecular complexity index is 9.22. The first kappa shape index (κ1) is 213. The van der Waals surface area contributed by atoms with Gasteiger partial charge in [0.1, 0.15) is 0 Å². The molecule has 0 aliphatic heterocycles. The van der Waals surface area contributed by atoms with Gasteiger partial charge in [0.25, 0.3) is 0 Å². The maximum absolute atomic E-state index is 0. The minimum atomic E-state index is 0. The first-order chi connectivity index (χ1) is 0. The summed E-state index contributed by atoms with van der Waals surface area (Å²) in [4.78, 5) is 0. The summed E-state index contributed by atoms with van der Waals surface area (Å²) in [6.07, 6.45) is 0. The number of hydrogen-bond donors (Lipinski definition) is 1. The van der Waals surface area contributed by atoms with E-state index in [1.165, 1.54) is 0 Å². The van der Waals surface area contributed by atoms with Crippen LogP contribution in [0.5, 0.6) is 0 Å². The van der Waals surface area contributed by atoms with Gasteiger partial charge in [0, 0.05) is 20.4 Å². The summed E-state index contributed by atoms with van der Waals surface area (Å²) in [6.45, 7) is 0. The van der Waals surface area contributed by atoms with Gasteiger partial charge < -0.3 is 105 Å². The molecule has 0 rings (SSSR count). The summed E-state index contributed by atoms with van der Waals surface area (Å²) in [7, 11) is 0. The Morgan fingerprint density at radius 1 is 0.300 bits per heavy atom. The predicted molar refractivity (Wildman–Crippen MR) is 5.98 cm³/mol. The fraction of sp³-hybridized carbons (Fsp3) is 0. The van der Waals surface area contributed by atoms with Gasteiger partial charge in [0.15, 0.2) is 0 Å². The minimum Gasteiger partial charge on any atom is -1.00 e. The molecular weight excluding hydrogens is 484 g/mol. The second-order valence-electron chi connectivity index (χ2n) is 0. The average Bonchev–Trinajstić information content (AvgIpc) is 0. The number of rotatable bonds is 0. The topological polar surface area (TPSA) is 36.5 Å². The van der Waals surface area contributed by atoms with E-state index in [1.807, 2.05) is 0 Å². The molecule has 0 aliphatic rings. The van der Waals surface area contributed by atoms with Crippen LogP contribution in [-0.2, 0) is 20.4 Å². The van der Waals surface area contributed by atoms with Crippen molar-refractivity contribution in [3.63, 3.8) is 0 Å². The molecule has 0 aromatic rings. The molecule has 1 nitrogen and oxygen atoms in total. The second kappa shape index (κ2) is 165. The largest absolute Gasteiger partial charge is 1.00 e. The standard InChI is InChI=1S/8ClH.H3N.Re/h8*1H;1H3;/p-7. The Hall–Kier alpha value is 2.94. The Labute approximate surface area is 125 Å². The first-order valence-electron chi connectivity index (χ1n) is 0. The van der Waals surface area contributed by atoms with Gasteiger partial charge in [-0.25, -0.2) is 0 Å². The Kier molecular flexibility index (Phi) is 3520. The van der Waals surface area contributed by atoms with Crippen molar-refractivity contribution in [2.45, 2.75) is 0 Å². The van der Waals surface area contributed by atoms with Crippen LogP contribution in [0.4, 0.5) is 0 Å². The van der Waals surface area contributed by atoms with Crippen molar-refractivity contribution >= 4 is 0 Å². The smallest absolute Gasteiger partial charge is 0 e. The van der Waals surface area contributed by atoms with Crippen LogP contribution in [0.2, 0.25) is 0 Å². The van der Waals surface area contributed by atoms with Crippen LogP contribution in [-0.4, -0.2) is 0 Å². The van der Waals surface area contributed by atoms with Gasteiger partial charge in [-0.3, -0.25) is 0 Å². The molecule has 0 aromatic heterocycles. The molecule has 4 N–H and O–H groups in total. The molecule has 0 saturated carbocycles. The number of hydrogen-bond acceptors (Lipinski definition) is 0. The molecule has 0 bridgehead atoms. The van der Waals surface area contributed by atoms with Crippen LogP contribution >= 0.6 is 0 Å². The Balaban J connectivity index is 0. The van der Waals surface area contributed by atoms with Gasteiger partial charge >= 0.3 is 0 Å². The van der Waals surface area contributed by atoms with Crippen LogP contribution in [0.25, 0.3) is 0 Å². The SMILES string of the molecule is [Cl-].[Cl-].[Cl-].[Cl-].[Cl-].[Cl-].[Cl-].[Cl-].[NH4+].[Re]. The predicted octanol–water partition coefficient (Wildman–Crippen LogP) is -23.6. The van der Waals surface area contributed by atoms with Crippen molar-refractivity contribution in [3.8, 4) is 0 Å². The summed E-state index contributed by atoms with van der Waals surface area (Å²) in [5.41, 5.74) is 0. The third-order valence-electron chi connectivity index (χ3n) is 0. The number of halogens is 8. The van der Waals surface area contributed by atoms with E-state index in [2.05, 4.69) is 0 Å². The minimum absolute atomic E-state index is 0. The van der Waals surface area contributed by atoms with E-state index in [-0.39, 0.29) is 126 Å². The fourth-order valence-corrected chi connectivity index (χ4v) is 0. The van der Waals surface area contributed by atoms with Crippen molar-refractivity contribution in [1.82, 2.24) is 6.15 Å². The molecule has 0 unspecified atom stereocenters. The summed E-state index contributed by atoms with van der Waals surface area (Å²) >= 11 is 0. The zero-order valence-electron chi connectivity index (χ0n) is 4.40. The van der Waals surface area contributed by atoms with Crippen molar-refractivity contribution < 1.29 is 120 Å². The van der Waals surface area contributed by atoms with Crippen LogP contribution in [0.3, 0.4) is 0 Å². The summed E-state index contributed by atoms with van der Waals surface area (Å²) in [6, 6.07) is 0. The van der Waals surface area contributed by atoms with E-state index in [1.54, 1.807) is 0 Å². The van der Waals surface area contributed by atoms with Crippen molar-refractivity contribution in [1.29, 1.82) is 0 Å². The molecule has 79 valence electrons. The maximum Gasteiger partial charge on any atom is 0 e. The van der Waals surface area contributed by atoms with E-state index in [9.17, 15) is 0 Å². The fourth-order valence-electron chi connectivity index (χ4n) is 0. The molecule has 0 aromatic carbocycles. The third kappa shape index (κ3) is 125. The quantitative estimate of drug-likeness (QED) is 0.352. The maximum atomic E-state index is 0. The van der Waals surface area contributed by atoms with Crippen LogP contribution in [0.15, 0.2) is 0 Å². The van der Waals surface area contributed by atoms with Gasteiger partial charge in [-0.1, -0.05) is 0 Å². The van der Waals surface area contributed by atoms with E-state index in [4.69, 9.17) is 0 Å². The average molecular weight is 488 g/mol. The second-order valence-corrected chi connectivity index (χ2v) is 0. The zero-order valence-corrected chi connectivity index (χ0v) is 13.2. The molecule has 0 heterocycles. The van der Waals surface area contributed by atoms with Crippen molar-refractivity contribution in [2.75, 3.05) is 0 Å². The van der Waals surface area contributed by atoms with E-state index in [0.29, 0.717) is 0 Å². The van der Waals surface area contributed by atoms with Gasteiger partial charge in [-0.05, 0) is 0 Å². The van der Waals surface area contributed by atoms with Gasteiger partial charge in [0.05, 0.1) is 0 Å². The van der Waals surface area contributed by atoms with Crippen LogP contribution in [0, 0.1) is 0 Å². The van der Waals surface area contributed by atoms with Gasteiger partial charge in [-0.15, -0.1) is 0 Å². The molecule has 0 aliphatic carbocycles. The molecule has 0 spiro atoms. The summed E-state index contributed by atoms with van der Waals surface area (Å²) < 4.78 is 0. The molecular formula is H4Cl8NRe-7. The Morgan fingerprint density at radius 2 is 0.300 bits per heavy atom. The number of quaternary nitrogens is 1. The van der Waals surface area contributed by atoms with E-state index >= 15 is 0 Å². The normalized spacial score (nSPS) is 0. The van der Waals surface area contributed by atoms with Gasteiger partial charge in [0.2, 0.25) is 0 Å². The van der Waals surface area contributed by atoms with Crippen LogP contribution < -0.4 is 105 Å². The molecule has 10 heavy (non-hydrogen) atoms. The molecule has 0 saturated heterocycles. The summed E-state index contributed by atoms with van der Waals surface area (Å²) in [5, 5.41) is 0. The van der Waals surface area contributed by atoms with Gasteiger partial charge in [-0.2, -0.15) is 0 Å². The van der Waals surface area contributed by atoms with E-state index in [0.717, 1.165) is 0 Å².